The number of aromatic nitrogens is 6. The van der Waals surface area contributed by atoms with Gasteiger partial charge in [-0.3, -0.25) is 14.6 Å². The van der Waals surface area contributed by atoms with E-state index in [0.29, 0.717) is 31.2 Å². The molecule has 298 valence electrons. The van der Waals surface area contributed by atoms with Gasteiger partial charge in [0.05, 0.1) is 73.0 Å². The van der Waals surface area contributed by atoms with Gasteiger partial charge >= 0.3 is 12.2 Å². The molecule has 3 aromatic heterocycles. The Morgan fingerprint density at radius 3 is 1.89 bits per heavy atom. The second kappa shape index (κ2) is 16.8. The summed E-state index contributed by atoms with van der Waals surface area (Å²) in [5.74, 6) is 0.984. The minimum absolute atomic E-state index is 0.113. The molecular formula is C41H48N10O6. The lowest BCUT2D eigenvalue weighted by atomic mass is 10.0. The number of likely N-dealkylation sites (tertiary alicyclic amines) is 2. The van der Waals surface area contributed by atoms with E-state index in [1.54, 1.807) is 28.4 Å². The number of amides is 4. The summed E-state index contributed by atoms with van der Waals surface area (Å²) in [6, 6.07) is 12.0. The molecule has 2 saturated heterocycles. The van der Waals surface area contributed by atoms with Crippen molar-refractivity contribution in [3.05, 3.63) is 72.7 Å². The summed E-state index contributed by atoms with van der Waals surface area (Å²) in [5, 5.41) is 5.33. The van der Waals surface area contributed by atoms with E-state index in [2.05, 4.69) is 30.6 Å². The molecule has 0 bridgehead atoms. The third-order valence-electron chi connectivity index (χ3n) is 10.8. The van der Waals surface area contributed by atoms with Gasteiger partial charge in [-0.1, -0.05) is 51.1 Å². The van der Waals surface area contributed by atoms with Crippen molar-refractivity contribution in [2.75, 3.05) is 27.3 Å². The molecule has 0 spiro atoms. The van der Waals surface area contributed by atoms with Crippen molar-refractivity contribution in [2.45, 2.75) is 77.0 Å². The SMILES string of the molecule is CC[C@H](NC(=O)OC)C(=O)N1CCCC1c1ncc(-c2ccc3nc(-c4ccc(-c5cnc([C@@H]6CCCN6C(=O)[C@@H](NC(=O)OC)C(C)C)[nH]5)cc4)cnc3c2)[nH]1. The predicted octanol–water partition coefficient (Wildman–Crippen LogP) is 5.92. The third kappa shape index (κ3) is 8.16. The van der Waals surface area contributed by atoms with Crippen LogP contribution in [0.4, 0.5) is 9.59 Å². The number of hydrogen-bond acceptors (Lipinski definition) is 10. The molecule has 0 radical (unpaired) electrons. The lowest BCUT2D eigenvalue weighted by Crippen LogP contribution is -2.51. The Bertz CT molecular complexity index is 2250. The van der Waals surface area contributed by atoms with Crippen LogP contribution >= 0.6 is 0 Å². The first-order valence-corrected chi connectivity index (χ1v) is 19.4. The van der Waals surface area contributed by atoms with Gasteiger partial charge < -0.3 is 39.9 Å². The molecule has 4 N–H and O–H groups in total. The monoisotopic (exact) mass is 776 g/mol. The Hall–Kier alpha value is -6.32. The number of alkyl carbamates (subject to hydrolysis) is 2. The number of carbonyl (C=O) groups excluding carboxylic acids is 4. The van der Waals surface area contributed by atoms with Crippen LogP contribution in [-0.2, 0) is 19.1 Å². The molecule has 0 saturated carbocycles. The highest BCUT2D eigenvalue weighted by molar-refractivity contribution is 5.87. The fourth-order valence-corrected chi connectivity index (χ4v) is 7.69. The van der Waals surface area contributed by atoms with Gasteiger partial charge in [0.1, 0.15) is 23.7 Å². The Labute approximate surface area is 330 Å². The molecule has 1 unspecified atom stereocenters. The molecule has 16 nitrogen and oxygen atoms in total. The number of aromatic amines is 2. The van der Waals surface area contributed by atoms with E-state index in [9.17, 15) is 19.2 Å². The first kappa shape index (κ1) is 38.9. The average molecular weight is 777 g/mol. The smallest absolute Gasteiger partial charge is 0.407 e. The van der Waals surface area contributed by atoms with Crippen molar-refractivity contribution in [1.29, 1.82) is 0 Å². The van der Waals surface area contributed by atoms with Crippen LogP contribution in [0.3, 0.4) is 0 Å². The number of hydrogen-bond donors (Lipinski definition) is 4. The minimum atomic E-state index is -0.697. The maximum absolute atomic E-state index is 13.5. The molecule has 4 amide bonds. The van der Waals surface area contributed by atoms with E-state index in [4.69, 9.17) is 19.4 Å². The van der Waals surface area contributed by atoms with Crippen LogP contribution < -0.4 is 10.6 Å². The van der Waals surface area contributed by atoms with Crippen LogP contribution in [0.15, 0.2) is 61.1 Å². The zero-order valence-corrected chi connectivity index (χ0v) is 32.7. The number of H-pyrrole nitrogens is 2. The largest absolute Gasteiger partial charge is 0.453 e. The highest BCUT2D eigenvalue weighted by Gasteiger charge is 2.38. The maximum atomic E-state index is 13.5. The molecular weight excluding hydrogens is 729 g/mol. The Kier molecular flexibility index (Phi) is 11.5. The summed E-state index contributed by atoms with van der Waals surface area (Å²) >= 11 is 0. The molecule has 2 fully saturated rings. The van der Waals surface area contributed by atoms with Crippen molar-refractivity contribution in [1.82, 2.24) is 50.3 Å². The highest BCUT2D eigenvalue weighted by Crippen LogP contribution is 2.35. The van der Waals surface area contributed by atoms with E-state index < -0.39 is 24.3 Å². The third-order valence-corrected chi connectivity index (χ3v) is 10.8. The molecule has 5 aromatic rings. The molecule has 2 aromatic carbocycles. The minimum Gasteiger partial charge on any atom is -0.453 e. The normalized spacial score (nSPS) is 17.8. The topological polar surface area (TPSA) is 200 Å². The van der Waals surface area contributed by atoms with Gasteiger partial charge in [0.25, 0.3) is 0 Å². The van der Waals surface area contributed by atoms with E-state index in [-0.39, 0.29) is 29.8 Å². The zero-order chi connectivity index (χ0) is 40.2. The molecule has 2 aliphatic rings. The summed E-state index contributed by atoms with van der Waals surface area (Å²) in [6.45, 7) is 6.81. The summed E-state index contributed by atoms with van der Waals surface area (Å²) < 4.78 is 9.46. The van der Waals surface area contributed by atoms with Crippen LogP contribution in [0.25, 0.3) is 44.8 Å². The average Bonchev–Trinajstić information content (AvgIpc) is 4.07. The van der Waals surface area contributed by atoms with Gasteiger partial charge in [-0.05, 0) is 55.7 Å². The van der Waals surface area contributed by atoms with E-state index in [0.717, 1.165) is 70.5 Å². The number of benzene rings is 2. The second-order valence-electron chi connectivity index (χ2n) is 14.7. The number of nitrogens with one attached hydrogen (secondary N) is 4. The number of imidazole rings is 2. The summed E-state index contributed by atoms with van der Waals surface area (Å²) in [7, 11) is 2.56. The molecule has 7 rings (SSSR count). The van der Waals surface area contributed by atoms with Gasteiger partial charge in [0.15, 0.2) is 0 Å². The quantitative estimate of drug-likeness (QED) is 0.125. The lowest BCUT2D eigenvalue weighted by molar-refractivity contribution is -0.135. The van der Waals surface area contributed by atoms with Crippen molar-refractivity contribution in [2.24, 2.45) is 5.92 Å². The fourth-order valence-electron chi connectivity index (χ4n) is 7.69. The van der Waals surface area contributed by atoms with Gasteiger partial charge in [-0.2, -0.15) is 0 Å². The van der Waals surface area contributed by atoms with E-state index >= 15 is 0 Å². The van der Waals surface area contributed by atoms with Crippen LogP contribution in [0, 0.1) is 5.92 Å². The lowest BCUT2D eigenvalue weighted by Gasteiger charge is -2.30. The van der Waals surface area contributed by atoms with Gasteiger partial charge in [0, 0.05) is 24.2 Å². The summed E-state index contributed by atoms with van der Waals surface area (Å²) in [4.78, 5) is 80.0. The van der Waals surface area contributed by atoms with Crippen LogP contribution in [0.5, 0.6) is 0 Å². The Balaban J connectivity index is 1.02. The number of methoxy groups -OCH3 is 2. The van der Waals surface area contributed by atoms with Crippen molar-refractivity contribution in [3.63, 3.8) is 0 Å². The Morgan fingerprint density at radius 2 is 1.30 bits per heavy atom. The van der Waals surface area contributed by atoms with Crippen LogP contribution in [0.2, 0.25) is 0 Å². The number of rotatable bonds is 11. The van der Waals surface area contributed by atoms with Gasteiger partial charge in [-0.15, -0.1) is 0 Å². The number of ether oxygens (including phenoxy) is 2. The number of carbonyl (C=O) groups is 4. The molecule has 57 heavy (non-hydrogen) atoms. The maximum Gasteiger partial charge on any atom is 0.407 e. The van der Waals surface area contributed by atoms with Crippen LogP contribution in [-0.4, -0.2) is 103 Å². The standard InChI is InChI=1S/C41H48N10O6/c1-6-27(48-40(54)56-4)38(52)50-17-7-9-33(50)36-44-22-32(47-36)26-15-16-28-29(19-26)42-20-30(45-28)24-11-13-25(14-12-24)31-21-43-37(46-31)34-10-8-18-51(34)39(53)35(23(2)3)49-41(55)57-5/h11-16,19-23,27,33-35H,6-10,17-18H2,1-5H3,(H,43,46)(H,44,47)(H,48,54)(H,49,55)/t27-,33?,34-,35-/m0/s1. The van der Waals surface area contributed by atoms with Gasteiger partial charge in [-0.25, -0.2) is 24.5 Å². The first-order chi connectivity index (χ1) is 27.6. The summed E-state index contributed by atoms with van der Waals surface area (Å²) in [5.41, 5.74) is 6.57. The fraction of sp³-hybridized carbons (Fsp3) is 0.415. The molecule has 0 aliphatic carbocycles. The molecule has 2 aliphatic heterocycles. The number of nitrogens with zero attached hydrogens (tertiary/aromatic N) is 6. The zero-order valence-electron chi connectivity index (χ0n) is 32.7. The van der Waals surface area contributed by atoms with Crippen molar-refractivity contribution < 1.29 is 28.7 Å². The summed E-state index contributed by atoms with van der Waals surface area (Å²) in [6.07, 6.45) is 7.70. The highest BCUT2D eigenvalue weighted by atomic mass is 16.5. The predicted molar refractivity (Wildman–Crippen MR) is 211 cm³/mol. The van der Waals surface area contributed by atoms with Gasteiger partial charge in [0.2, 0.25) is 11.8 Å². The molecule has 16 heteroatoms. The van der Waals surface area contributed by atoms with Crippen molar-refractivity contribution >= 4 is 35.0 Å². The first-order valence-electron chi connectivity index (χ1n) is 19.4. The molecule has 5 heterocycles. The number of fused-ring (bicyclic) bond motifs is 1. The van der Waals surface area contributed by atoms with E-state index in [1.165, 1.54) is 14.2 Å². The van der Waals surface area contributed by atoms with E-state index in [1.807, 2.05) is 63.2 Å². The molecule has 4 atom stereocenters. The van der Waals surface area contributed by atoms with Crippen LogP contribution in [0.1, 0.15) is 76.6 Å². The van der Waals surface area contributed by atoms with Crippen molar-refractivity contribution in [3.8, 4) is 33.8 Å². The Morgan fingerprint density at radius 1 is 0.737 bits per heavy atom. The second-order valence-corrected chi connectivity index (χ2v) is 14.7.